The second-order valence-corrected chi connectivity index (χ2v) is 10.1. The maximum absolute atomic E-state index is 12.9. The van der Waals surface area contributed by atoms with E-state index >= 15 is 0 Å². The SMILES string of the molecule is Cc1cc(C)c(N(CC(=O)Nc2ccccc2C(=O)NCc2cccnc2)S(C)(=O)=O)c(C)c1. The lowest BCUT2D eigenvalue weighted by Crippen LogP contribution is -2.38. The molecule has 3 rings (SSSR count). The first kappa shape index (κ1) is 24.9. The summed E-state index contributed by atoms with van der Waals surface area (Å²) in [6.45, 7) is 5.41. The molecule has 2 amide bonds. The van der Waals surface area contributed by atoms with E-state index in [9.17, 15) is 18.0 Å². The summed E-state index contributed by atoms with van der Waals surface area (Å²) in [6.07, 6.45) is 4.37. The molecule has 0 aliphatic carbocycles. The van der Waals surface area contributed by atoms with Crippen molar-refractivity contribution in [1.82, 2.24) is 10.3 Å². The third kappa shape index (κ3) is 6.20. The fraction of sp³-hybridized carbons (Fsp3) is 0.240. The molecule has 0 radical (unpaired) electrons. The number of carbonyl (C=O) groups excluding carboxylic acids is 2. The average Bonchev–Trinajstić information content (AvgIpc) is 2.76. The van der Waals surface area contributed by atoms with Crippen molar-refractivity contribution in [2.45, 2.75) is 27.3 Å². The zero-order valence-electron chi connectivity index (χ0n) is 19.6. The number of amides is 2. The van der Waals surface area contributed by atoms with Gasteiger partial charge in [-0.25, -0.2) is 8.42 Å². The van der Waals surface area contributed by atoms with Crippen LogP contribution >= 0.6 is 0 Å². The summed E-state index contributed by atoms with van der Waals surface area (Å²) in [4.78, 5) is 29.7. The largest absolute Gasteiger partial charge is 0.348 e. The molecular formula is C25H28N4O4S. The van der Waals surface area contributed by atoms with Crippen LogP contribution in [0.15, 0.2) is 60.9 Å². The van der Waals surface area contributed by atoms with E-state index in [-0.39, 0.29) is 18.0 Å². The maximum atomic E-state index is 12.9. The van der Waals surface area contributed by atoms with Gasteiger partial charge in [0.05, 0.1) is 23.2 Å². The van der Waals surface area contributed by atoms with E-state index in [0.29, 0.717) is 11.4 Å². The average molecular weight is 481 g/mol. The number of para-hydroxylation sites is 1. The molecule has 0 aliphatic heterocycles. The lowest BCUT2D eigenvalue weighted by Gasteiger charge is -2.26. The van der Waals surface area contributed by atoms with E-state index in [1.807, 2.05) is 39.0 Å². The summed E-state index contributed by atoms with van der Waals surface area (Å²) >= 11 is 0. The van der Waals surface area contributed by atoms with Crippen molar-refractivity contribution in [2.75, 3.05) is 22.4 Å². The van der Waals surface area contributed by atoms with Crippen molar-refractivity contribution in [2.24, 2.45) is 0 Å². The Labute approximate surface area is 200 Å². The number of hydrogen-bond donors (Lipinski definition) is 2. The van der Waals surface area contributed by atoms with Gasteiger partial charge >= 0.3 is 0 Å². The molecule has 1 heterocycles. The molecule has 0 aliphatic rings. The van der Waals surface area contributed by atoms with Crippen LogP contribution in [-0.4, -0.2) is 38.0 Å². The van der Waals surface area contributed by atoms with Crippen LogP contribution in [0.1, 0.15) is 32.6 Å². The number of pyridine rings is 1. The summed E-state index contributed by atoms with van der Waals surface area (Å²) in [5.74, 6) is -0.928. The molecule has 0 saturated carbocycles. The zero-order chi connectivity index (χ0) is 24.9. The lowest BCUT2D eigenvalue weighted by atomic mass is 10.1. The maximum Gasteiger partial charge on any atom is 0.253 e. The van der Waals surface area contributed by atoms with Crippen molar-refractivity contribution in [3.63, 3.8) is 0 Å². The minimum atomic E-state index is -3.74. The Morgan fingerprint density at radius 1 is 1.00 bits per heavy atom. The standard InChI is InChI=1S/C25H28N4O4S/c1-17-12-18(2)24(19(3)13-17)29(34(4,32)33)16-23(30)28-22-10-6-5-9-21(22)25(31)27-15-20-8-7-11-26-14-20/h5-14H,15-16H2,1-4H3,(H,27,31)(H,28,30). The highest BCUT2D eigenvalue weighted by Crippen LogP contribution is 2.28. The molecule has 8 nitrogen and oxygen atoms in total. The van der Waals surface area contributed by atoms with Crippen LogP contribution in [0.3, 0.4) is 0 Å². The Hall–Kier alpha value is -3.72. The molecular weight excluding hydrogens is 452 g/mol. The molecule has 3 aromatic rings. The minimum Gasteiger partial charge on any atom is -0.348 e. The molecule has 0 bridgehead atoms. The van der Waals surface area contributed by atoms with Crippen molar-refractivity contribution in [3.8, 4) is 0 Å². The van der Waals surface area contributed by atoms with E-state index < -0.39 is 22.5 Å². The number of benzene rings is 2. The van der Waals surface area contributed by atoms with Gasteiger partial charge in [-0.15, -0.1) is 0 Å². The van der Waals surface area contributed by atoms with E-state index in [1.54, 1.807) is 42.7 Å². The first-order chi connectivity index (χ1) is 16.1. The second-order valence-electron chi connectivity index (χ2n) is 8.15. The third-order valence-electron chi connectivity index (χ3n) is 5.19. The second kappa shape index (κ2) is 10.5. The number of rotatable bonds is 8. The Morgan fingerprint density at radius 2 is 1.68 bits per heavy atom. The van der Waals surface area contributed by atoms with Gasteiger partial charge in [-0.1, -0.05) is 35.9 Å². The molecule has 0 atom stereocenters. The molecule has 0 unspecified atom stereocenters. The molecule has 2 aromatic carbocycles. The van der Waals surface area contributed by atoms with Gasteiger partial charge in [0.1, 0.15) is 6.54 Å². The van der Waals surface area contributed by atoms with Crippen LogP contribution in [0.25, 0.3) is 0 Å². The summed E-state index contributed by atoms with van der Waals surface area (Å²) in [5.41, 5.74) is 4.39. The van der Waals surface area contributed by atoms with Gasteiger partial charge in [-0.3, -0.25) is 18.9 Å². The summed E-state index contributed by atoms with van der Waals surface area (Å²) < 4.78 is 26.3. The van der Waals surface area contributed by atoms with Gasteiger partial charge in [0, 0.05) is 18.9 Å². The van der Waals surface area contributed by atoms with Gasteiger partial charge in [-0.05, 0) is 55.7 Å². The monoisotopic (exact) mass is 480 g/mol. The van der Waals surface area contributed by atoms with E-state index in [4.69, 9.17) is 0 Å². The van der Waals surface area contributed by atoms with Gasteiger partial charge in [-0.2, -0.15) is 0 Å². The number of nitrogens with one attached hydrogen (secondary N) is 2. The number of aryl methyl sites for hydroxylation is 3. The Balaban J connectivity index is 1.79. The number of hydrogen-bond acceptors (Lipinski definition) is 5. The Bertz CT molecular complexity index is 1280. The minimum absolute atomic E-state index is 0.272. The highest BCUT2D eigenvalue weighted by molar-refractivity contribution is 7.92. The zero-order valence-corrected chi connectivity index (χ0v) is 20.4. The predicted octanol–water partition coefficient (Wildman–Crippen LogP) is 3.34. The fourth-order valence-corrected chi connectivity index (χ4v) is 4.79. The number of carbonyl (C=O) groups is 2. The Morgan fingerprint density at radius 3 is 2.29 bits per heavy atom. The van der Waals surface area contributed by atoms with Crippen LogP contribution in [0.4, 0.5) is 11.4 Å². The Kier molecular flexibility index (Phi) is 7.68. The van der Waals surface area contributed by atoms with Crippen LogP contribution in [0.5, 0.6) is 0 Å². The number of sulfonamides is 1. The third-order valence-corrected chi connectivity index (χ3v) is 6.31. The highest BCUT2D eigenvalue weighted by atomic mass is 32.2. The molecule has 0 spiro atoms. The molecule has 2 N–H and O–H groups in total. The first-order valence-corrected chi connectivity index (χ1v) is 12.5. The molecule has 34 heavy (non-hydrogen) atoms. The number of nitrogens with zero attached hydrogens (tertiary/aromatic N) is 2. The summed E-state index contributed by atoms with van der Waals surface area (Å²) in [5, 5.41) is 5.50. The van der Waals surface area contributed by atoms with E-state index in [2.05, 4.69) is 15.6 Å². The van der Waals surface area contributed by atoms with Crippen molar-refractivity contribution >= 4 is 33.2 Å². The first-order valence-electron chi connectivity index (χ1n) is 10.7. The lowest BCUT2D eigenvalue weighted by molar-refractivity contribution is -0.114. The van der Waals surface area contributed by atoms with E-state index in [1.165, 1.54) is 0 Å². The van der Waals surface area contributed by atoms with Crippen LogP contribution in [0, 0.1) is 20.8 Å². The van der Waals surface area contributed by atoms with Gasteiger partial charge in [0.2, 0.25) is 15.9 Å². The molecule has 0 saturated heterocycles. The summed E-state index contributed by atoms with van der Waals surface area (Å²) in [6, 6.07) is 13.9. The molecule has 0 fully saturated rings. The highest BCUT2D eigenvalue weighted by Gasteiger charge is 2.25. The molecule has 178 valence electrons. The quantitative estimate of drug-likeness (QED) is 0.514. The topological polar surface area (TPSA) is 108 Å². The van der Waals surface area contributed by atoms with Gasteiger partial charge in [0.15, 0.2) is 0 Å². The predicted molar refractivity (Wildman–Crippen MR) is 133 cm³/mol. The van der Waals surface area contributed by atoms with Crippen molar-refractivity contribution < 1.29 is 18.0 Å². The van der Waals surface area contributed by atoms with Gasteiger partial charge in [0.25, 0.3) is 5.91 Å². The van der Waals surface area contributed by atoms with Crippen LogP contribution in [0.2, 0.25) is 0 Å². The molecule has 9 heteroatoms. The van der Waals surface area contributed by atoms with Crippen LogP contribution < -0.4 is 14.9 Å². The van der Waals surface area contributed by atoms with Crippen molar-refractivity contribution in [1.29, 1.82) is 0 Å². The fourth-order valence-electron chi connectivity index (χ4n) is 3.82. The smallest absolute Gasteiger partial charge is 0.253 e. The number of anilines is 2. The molecule has 1 aromatic heterocycles. The van der Waals surface area contributed by atoms with Crippen LogP contribution in [-0.2, 0) is 21.4 Å². The van der Waals surface area contributed by atoms with E-state index in [0.717, 1.165) is 32.8 Å². The van der Waals surface area contributed by atoms with Gasteiger partial charge < -0.3 is 10.6 Å². The van der Waals surface area contributed by atoms with Crippen molar-refractivity contribution in [3.05, 3.63) is 88.7 Å². The normalized spacial score (nSPS) is 11.1. The number of aromatic nitrogens is 1. The summed E-state index contributed by atoms with van der Waals surface area (Å²) in [7, 11) is -3.74.